The summed E-state index contributed by atoms with van der Waals surface area (Å²) in [5.41, 5.74) is 1.97. The minimum absolute atomic E-state index is 0.114. The van der Waals surface area contributed by atoms with Gasteiger partial charge in [-0.3, -0.25) is 9.59 Å². The second-order valence-corrected chi connectivity index (χ2v) is 8.48. The topological polar surface area (TPSA) is 67.4 Å². The van der Waals surface area contributed by atoms with Gasteiger partial charge < -0.3 is 15.4 Å². The van der Waals surface area contributed by atoms with Crippen LogP contribution in [0.15, 0.2) is 46.9 Å². The molecule has 2 amide bonds. The molecule has 150 valence electrons. The zero-order valence-corrected chi connectivity index (χ0v) is 18.4. The summed E-state index contributed by atoms with van der Waals surface area (Å²) >= 11 is 3.48. The summed E-state index contributed by atoms with van der Waals surface area (Å²) in [4.78, 5) is 24.4. The number of anilines is 1. The van der Waals surface area contributed by atoms with Gasteiger partial charge in [0, 0.05) is 27.8 Å². The van der Waals surface area contributed by atoms with Crippen molar-refractivity contribution in [2.75, 3.05) is 18.5 Å². The Morgan fingerprint density at radius 1 is 1.11 bits per heavy atom. The van der Waals surface area contributed by atoms with Crippen LogP contribution in [0.4, 0.5) is 5.69 Å². The Bertz CT molecular complexity index is 844. The van der Waals surface area contributed by atoms with Gasteiger partial charge in [0.05, 0.1) is 0 Å². The fraction of sp³-hybridized carbons (Fsp3) is 0.364. The minimum atomic E-state index is -0.283. The number of nitrogens with one attached hydrogen (secondary N) is 2. The van der Waals surface area contributed by atoms with Crippen LogP contribution in [0.1, 0.15) is 50.0 Å². The van der Waals surface area contributed by atoms with Crippen LogP contribution >= 0.6 is 15.9 Å². The Labute approximate surface area is 175 Å². The van der Waals surface area contributed by atoms with Crippen LogP contribution < -0.4 is 15.4 Å². The van der Waals surface area contributed by atoms with E-state index in [0.29, 0.717) is 23.5 Å². The van der Waals surface area contributed by atoms with Gasteiger partial charge in [-0.1, -0.05) is 49.7 Å². The first-order chi connectivity index (χ1) is 13.2. The number of benzene rings is 2. The van der Waals surface area contributed by atoms with Gasteiger partial charge in [0.1, 0.15) is 5.75 Å². The monoisotopic (exact) mass is 446 g/mol. The molecule has 0 bridgehead atoms. The third-order valence-electron chi connectivity index (χ3n) is 4.05. The van der Waals surface area contributed by atoms with E-state index >= 15 is 0 Å². The molecule has 0 saturated carbocycles. The van der Waals surface area contributed by atoms with E-state index in [1.165, 1.54) is 0 Å². The van der Waals surface area contributed by atoms with E-state index in [1.54, 1.807) is 24.3 Å². The van der Waals surface area contributed by atoms with Crippen molar-refractivity contribution < 1.29 is 14.3 Å². The third kappa shape index (κ3) is 6.37. The van der Waals surface area contributed by atoms with Crippen molar-refractivity contribution in [1.29, 1.82) is 0 Å². The largest absolute Gasteiger partial charge is 0.483 e. The van der Waals surface area contributed by atoms with E-state index in [0.717, 1.165) is 16.5 Å². The first kappa shape index (κ1) is 22.0. The summed E-state index contributed by atoms with van der Waals surface area (Å²) in [6.07, 6.45) is 0.867. The van der Waals surface area contributed by atoms with Crippen LogP contribution in [-0.4, -0.2) is 25.0 Å². The Morgan fingerprint density at radius 3 is 2.54 bits per heavy atom. The maximum Gasteiger partial charge on any atom is 0.262 e. The first-order valence-corrected chi connectivity index (χ1v) is 10.1. The zero-order chi connectivity index (χ0) is 20.7. The summed E-state index contributed by atoms with van der Waals surface area (Å²) < 4.78 is 6.74. The molecule has 0 aliphatic rings. The molecule has 2 aromatic carbocycles. The fourth-order valence-electron chi connectivity index (χ4n) is 2.63. The number of amides is 2. The van der Waals surface area contributed by atoms with Crippen molar-refractivity contribution in [2.45, 2.75) is 39.5 Å². The standard InChI is InChI=1S/C22H27BrN2O3/c1-5-11-24-21(27)15-7-6-8-17(12-15)25-20(26)14-28-19-10-9-16(23)13-18(19)22(2,3)4/h6-10,12-13H,5,11,14H2,1-4H3,(H,24,27)(H,25,26). The summed E-state index contributed by atoms with van der Waals surface area (Å²) in [5, 5.41) is 5.60. The molecule has 28 heavy (non-hydrogen) atoms. The van der Waals surface area contributed by atoms with Gasteiger partial charge in [-0.25, -0.2) is 0 Å². The smallest absolute Gasteiger partial charge is 0.262 e. The molecule has 0 spiro atoms. The second-order valence-electron chi connectivity index (χ2n) is 7.56. The number of hydrogen-bond donors (Lipinski definition) is 2. The van der Waals surface area contributed by atoms with Crippen molar-refractivity contribution in [1.82, 2.24) is 5.32 Å². The van der Waals surface area contributed by atoms with E-state index in [2.05, 4.69) is 47.3 Å². The SMILES string of the molecule is CCCNC(=O)c1cccc(NC(=O)COc2ccc(Br)cc2C(C)(C)C)c1. The Kier molecular flexibility index (Phi) is 7.63. The van der Waals surface area contributed by atoms with Gasteiger partial charge in [-0.15, -0.1) is 0 Å². The highest BCUT2D eigenvalue weighted by atomic mass is 79.9. The molecule has 0 radical (unpaired) electrons. The molecule has 0 fully saturated rings. The van der Waals surface area contributed by atoms with Crippen molar-refractivity contribution in [3.63, 3.8) is 0 Å². The van der Waals surface area contributed by atoms with E-state index in [4.69, 9.17) is 4.74 Å². The molecule has 2 aromatic rings. The zero-order valence-electron chi connectivity index (χ0n) is 16.8. The lowest BCUT2D eigenvalue weighted by Gasteiger charge is -2.23. The molecule has 0 aliphatic heterocycles. The third-order valence-corrected chi connectivity index (χ3v) is 4.55. The fourth-order valence-corrected chi connectivity index (χ4v) is 2.99. The quantitative estimate of drug-likeness (QED) is 0.634. The maximum absolute atomic E-state index is 12.3. The van der Waals surface area contributed by atoms with E-state index in [-0.39, 0.29) is 23.8 Å². The van der Waals surface area contributed by atoms with Crippen LogP contribution in [0.5, 0.6) is 5.75 Å². The highest BCUT2D eigenvalue weighted by Crippen LogP contribution is 2.33. The van der Waals surface area contributed by atoms with Gasteiger partial charge in [0.15, 0.2) is 6.61 Å². The van der Waals surface area contributed by atoms with E-state index in [1.807, 2.05) is 25.1 Å². The van der Waals surface area contributed by atoms with Crippen molar-refractivity contribution in [3.05, 3.63) is 58.1 Å². The molecular weight excluding hydrogens is 420 g/mol. The van der Waals surface area contributed by atoms with Crippen LogP contribution in [0.25, 0.3) is 0 Å². The van der Waals surface area contributed by atoms with Gasteiger partial charge in [0.2, 0.25) is 0 Å². The van der Waals surface area contributed by atoms with Gasteiger partial charge in [-0.05, 0) is 48.2 Å². The summed E-state index contributed by atoms with van der Waals surface area (Å²) in [6, 6.07) is 12.6. The van der Waals surface area contributed by atoms with Gasteiger partial charge in [0.25, 0.3) is 11.8 Å². The number of ether oxygens (including phenoxy) is 1. The van der Waals surface area contributed by atoms with E-state index < -0.39 is 0 Å². The van der Waals surface area contributed by atoms with Crippen molar-refractivity contribution >= 4 is 33.4 Å². The molecule has 2 N–H and O–H groups in total. The molecule has 0 aromatic heterocycles. The first-order valence-electron chi connectivity index (χ1n) is 9.31. The number of halogens is 1. The van der Waals surface area contributed by atoms with Crippen molar-refractivity contribution in [2.24, 2.45) is 0 Å². The number of rotatable bonds is 7. The van der Waals surface area contributed by atoms with E-state index in [9.17, 15) is 9.59 Å². The molecule has 0 aliphatic carbocycles. The van der Waals surface area contributed by atoms with Crippen LogP contribution in [0.3, 0.4) is 0 Å². The molecule has 6 heteroatoms. The van der Waals surface area contributed by atoms with Gasteiger partial charge >= 0.3 is 0 Å². The molecule has 0 unspecified atom stereocenters. The Balaban J connectivity index is 2.01. The maximum atomic E-state index is 12.3. The van der Waals surface area contributed by atoms with Crippen LogP contribution in [0.2, 0.25) is 0 Å². The van der Waals surface area contributed by atoms with Crippen molar-refractivity contribution in [3.8, 4) is 5.75 Å². The normalized spacial score (nSPS) is 11.0. The lowest BCUT2D eigenvalue weighted by Crippen LogP contribution is -2.24. The molecule has 0 saturated heterocycles. The average molecular weight is 447 g/mol. The van der Waals surface area contributed by atoms with Crippen LogP contribution in [-0.2, 0) is 10.2 Å². The summed E-state index contributed by atoms with van der Waals surface area (Å²) in [5.74, 6) is 0.242. The number of hydrogen-bond acceptors (Lipinski definition) is 3. The Hall–Kier alpha value is -2.34. The number of carbonyl (C=O) groups is 2. The molecule has 0 heterocycles. The second kappa shape index (κ2) is 9.73. The predicted octanol–water partition coefficient (Wildman–Crippen LogP) is 4.90. The Morgan fingerprint density at radius 2 is 1.86 bits per heavy atom. The summed E-state index contributed by atoms with van der Waals surface area (Å²) in [7, 11) is 0. The highest BCUT2D eigenvalue weighted by Gasteiger charge is 2.20. The molecule has 0 atom stereocenters. The lowest BCUT2D eigenvalue weighted by molar-refractivity contribution is -0.118. The highest BCUT2D eigenvalue weighted by molar-refractivity contribution is 9.10. The van der Waals surface area contributed by atoms with Crippen LogP contribution in [0, 0.1) is 0 Å². The average Bonchev–Trinajstić information content (AvgIpc) is 2.64. The molecule has 5 nitrogen and oxygen atoms in total. The van der Waals surface area contributed by atoms with Gasteiger partial charge in [-0.2, -0.15) is 0 Å². The molecule has 2 rings (SSSR count). The minimum Gasteiger partial charge on any atom is -0.483 e. The summed E-state index contributed by atoms with van der Waals surface area (Å²) in [6.45, 7) is 8.78. The number of carbonyl (C=O) groups excluding carboxylic acids is 2. The lowest BCUT2D eigenvalue weighted by atomic mass is 9.86. The predicted molar refractivity (Wildman–Crippen MR) is 116 cm³/mol. The molecular formula is C22H27BrN2O3.